The van der Waals surface area contributed by atoms with Gasteiger partial charge in [-0.05, 0) is 66.3 Å². The van der Waals surface area contributed by atoms with Crippen molar-refractivity contribution in [2.45, 2.75) is 0 Å². The molecule has 5 nitrogen and oxygen atoms in total. The van der Waals surface area contributed by atoms with Crippen LogP contribution in [0.15, 0.2) is 78.9 Å². The van der Waals surface area contributed by atoms with E-state index in [1.165, 1.54) is 6.08 Å². The Balaban J connectivity index is 1.56. The van der Waals surface area contributed by atoms with Crippen LogP contribution in [0.3, 0.4) is 0 Å². The average molecular weight is 470 g/mol. The lowest BCUT2D eigenvalue weighted by Gasteiger charge is -2.10. The Hall–Kier alpha value is -3.19. The Morgan fingerprint density at radius 1 is 0.839 bits per heavy atom. The molecule has 3 N–H and O–H groups in total. The molecule has 0 heterocycles. The smallest absolute Gasteiger partial charge is 0.255 e. The number of thiocarbonyl (C=S) groups is 1. The van der Waals surface area contributed by atoms with Crippen LogP contribution in [0.25, 0.3) is 6.08 Å². The number of benzene rings is 3. The van der Waals surface area contributed by atoms with Crippen LogP contribution in [0.5, 0.6) is 0 Å². The first-order chi connectivity index (χ1) is 14.9. The number of amides is 2. The third-order valence-corrected chi connectivity index (χ3v) is 4.79. The topological polar surface area (TPSA) is 70.2 Å². The van der Waals surface area contributed by atoms with E-state index >= 15 is 0 Å². The third kappa shape index (κ3) is 6.93. The van der Waals surface area contributed by atoms with Crippen molar-refractivity contribution in [1.82, 2.24) is 5.32 Å². The minimum Gasteiger partial charge on any atom is -0.332 e. The highest BCUT2D eigenvalue weighted by Gasteiger charge is 2.07. The molecule has 0 unspecified atom stereocenters. The molecular formula is C23H17Cl2N3O2S. The summed E-state index contributed by atoms with van der Waals surface area (Å²) in [7, 11) is 0. The number of rotatable bonds is 5. The minimum absolute atomic E-state index is 0.114. The van der Waals surface area contributed by atoms with E-state index in [-0.39, 0.29) is 11.0 Å². The van der Waals surface area contributed by atoms with Gasteiger partial charge in [-0.25, -0.2) is 0 Å². The Bertz CT molecular complexity index is 1150. The number of halogens is 2. The van der Waals surface area contributed by atoms with E-state index in [4.69, 9.17) is 35.4 Å². The molecule has 0 aliphatic carbocycles. The van der Waals surface area contributed by atoms with Gasteiger partial charge in [-0.3, -0.25) is 14.9 Å². The summed E-state index contributed by atoms with van der Waals surface area (Å²) in [6.45, 7) is 0. The van der Waals surface area contributed by atoms with E-state index in [9.17, 15) is 9.59 Å². The summed E-state index contributed by atoms with van der Waals surface area (Å²) in [6, 6.07) is 20.9. The Morgan fingerprint density at radius 3 is 2.26 bits per heavy atom. The van der Waals surface area contributed by atoms with Gasteiger partial charge in [-0.2, -0.15) is 0 Å². The molecule has 8 heteroatoms. The molecule has 0 bridgehead atoms. The molecule has 0 aliphatic rings. The van der Waals surface area contributed by atoms with Crippen LogP contribution in [0.4, 0.5) is 11.4 Å². The lowest BCUT2D eigenvalue weighted by atomic mass is 10.2. The predicted octanol–water partition coefficient (Wildman–Crippen LogP) is 5.77. The predicted molar refractivity (Wildman–Crippen MR) is 131 cm³/mol. The molecule has 0 saturated heterocycles. The van der Waals surface area contributed by atoms with Gasteiger partial charge in [0, 0.05) is 33.1 Å². The van der Waals surface area contributed by atoms with Crippen molar-refractivity contribution >= 4 is 69.8 Å². The van der Waals surface area contributed by atoms with Crippen molar-refractivity contribution in [2.75, 3.05) is 10.6 Å². The van der Waals surface area contributed by atoms with Crippen LogP contribution >= 0.6 is 35.4 Å². The fourth-order valence-electron chi connectivity index (χ4n) is 2.59. The normalized spacial score (nSPS) is 10.5. The van der Waals surface area contributed by atoms with Gasteiger partial charge in [0.15, 0.2) is 5.11 Å². The van der Waals surface area contributed by atoms with Gasteiger partial charge in [-0.15, -0.1) is 0 Å². The molecule has 156 valence electrons. The quantitative estimate of drug-likeness (QED) is 0.327. The first-order valence-electron chi connectivity index (χ1n) is 9.12. The number of carbonyl (C=O) groups excluding carboxylic acids is 2. The summed E-state index contributed by atoms with van der Waals surface area (Å²) in [5.41, 5.74) is 2.41. The molecule has 3 aromatic rings. The summed E-state index contributed by atoms with van der Waals surface area (Å²) in [6.07, 6.45) is 2.88. The number of anilines is 2. The van der Waals surface area contributed by atoms with Crippen molar-refractivity contribution in [1.29, 1.82) is 0 Å². The standard InChI is InChI=1S/C23H17Cl2N3O2S/c24-17-11-9-15(20(25)13-17)10-12-21(29)28-23(31)27-19-8-4-7-18(14-19)26-22(30)16-5-2-1-3-6-16/h1-14H,(H,26,30)(H2,27,28,29,31)/b12-10+. The van der Waals surface area contributed by atoms with E-state index in [1.807, 2.05) is 6.07 Å². The zero-order valence-electron chi connectivity index (χ0n) is 16.1. The second-order valence-corrected chi connectivity index (χ2v) is 7.60. The number of nitrogens with one attached hydrogen (secondary N) is 3. The largest absolute Gasteiger partial charge is 0.332 e. The monoisotopic (exact) mass is 469 g/mol. The lowest BCUT2D eigenvalue weighted by molar-refractivity contribution is -0.115. The summed E-state index contributed by atoms with van der Waals surface area (Å²) in [5.74, 6) is -0.642. The second kappa shape index (κ2) is 10.7. The van der Waals surface area contributed by atoms with E-state index in [1.54, 1.807) is 72.8 Å². The van der Waals surface area contributed by atoms with Gasteiger partial charge in [-0.1, -0.05) is 53.5 Å². The Labute approximate surface area is 195 Å². The second-order valence-electron chi connectivity index (χ2n) is 6.34. The molecule has 3 rings (SSSR count). The van der Waals surface area contributed by atoms with Crippen molar-refractivity contribution in [2.24, 2.45) is 0 Å². The molecule has 3 aromatic carbocycles. The summed E-state index contributed by atoms with van der Waals surface area (Å²) >= 11 is 17.1. The fraction of sp³-hybridized carbons (Fsp3) is 0. The SMILES string of the molecule is O=C(/C=C/c1ccc(Cl)cc1Cl)NC(=S)Nc1cccc(NC(=O)c2ccccc2)c1. The summed E-state index contributed by atoms with van der Waals surface area (Å²) in [5, 5.41) is 9.35. The van der Waals surface area contributed by atoms with Crippen LogP contribution in [-0.4, -0.2) is 16.9 Å². The molecule has 0 aliphatic heterocycles. The van der Waals surface area contributed by atoms with E-state index in [2.05, 4.69) is 16.0 Å². The first kappa shape index (κ1) is 22.5. The van der Waals surface area contributed by atoms with Gasteiger partial charge in [0.1, 0.15) is 0 Å². The first-order valence-corrected chi connectivity index (χ1v) is 10.3. The summed E-state index contributed by atoms with van der Waals surface area (Å²) < 4.78 is 0. The van der Waals surface area contributed by atoms with E-state index in [0.717, 1.165) is 0 Å². The van der Waals surface area contributed by atoms with Crippen molar-refractivity contribution < 1.29 is 9.59 Å². The van der Waals surface area contributed by atoms with Gasteiger partial charge in [0.05, 0.1) is 0 Å². The zero-order valence-corrected chi connectivity index (χ0v) is 18.4. The van der Waals surface area contributed by atoms with E-state index in [0.29, 0.717) is 32.5 Å². The molecule has 31 heavy (non-hydrogen) atoms. The van der Waals surface area contributed by atoms with Gasteiger partial charge in [0.25, 0.3) is 5.91 Å². The molecular weight excluding hydrogens is 453 g/mol. The van der Waals surface area contributed by atoms with Crippen LogP contribution in [0.1, 0.15) is 15.9 Å². The van der Waals surface area contributed by atoms with Crippen LogP contribution in [0, 0.1) is 0 Å². The van der Waals surface area contributed by atoms with E-state index < -0.39 is 5.91 Å². The molecule has 0 spiro atoms. The zero-order chi connectivity index (χ0) is 22.2. The molecule has 0 atom stereocenters. The summed E-state index contributed by atoms with van der Waals surface area (Å²) in [4.78, 5) is 24.4. The van der Waals surface area contributed by atoms with Gasteiger partial charge < -0.3 is 10.6 Å². The van der Waals surface area contributed by atoms with Crippen LogP contribution in [-0.2, 0) is 4.79 Å². The molecule has 2 amide bonds. The number of hydrogen-bond acceptors (Lipinski definition) is 3. The molecule has 0 radical (unpaired) electrons. The van der Waals surface area contributed by atoms with Crippen molar-refractivity contribution in [3.63, 3.8) is 0 Å². The van der Waals surface area contributed by atoms with Gasteiger partial charge >= 0.3 is 0 Å². The van der Waals surface area contributed by atoms with Crippen molar-refractivity contribution in [3.05, 3.63) is 100 Å². The number of carbonyl (C=O) groups is 2. The van der Waals surface area contributed by atoms with Crippen LogP contribution < -0.4 is 16.0 Å². The average Bonchev–Trinajstić information content (AvgIpc) is 2.74. The lowest BCUT2D eigenvalue weighted by Crippen LogP contribution is -2.32. The Kier molecular flexibility index (Phi) is 7.78. The maximum Gasteiger partial charge on any atom is 0.255 e. The maximum atomic E-state index is 12.3. The third-order valence-electron chi connectivity index (χ3n) is 4.03. The Morgan fingerprint density at radius 2 is 1.55 bits per heavy atom. The highest BCUT2D eigenvalue weighted by Crippen LogP contribution is 2.22. The van der Waals surface area contributed by atoms with Crippen LogP contribution in [0.2, 0.25) is 10.0 Å². The minimum atomic E-state index is -0.419. The molecule has 0 saturated carbocycles. The highest BCUT2D eigenvalue weighted by molar-refractivity contribution is 7.80. The van der Waals surface area contributed by atoms with Crippen molar-refractivity contribution in [3.8, 4) is 0 Å². The molecule has 0 aromatic heterocycles. The molecule has 0 fully saturated rings. The highest BCUT2D eigenvalue weighted by atomic mass is 35.5. The van der Waals surface area contributed by atoms with Gasteiger partial charge in [0.2, 0.25) is 5.91 Å². The fourth-order valence-corrected chi connectivity index (χ4v) is 3.28. The number of hydrogen-bond donors (Lipinski definition) is 3. The maximum absolute atomic E-state index is 12.3.